The van der Waals surface area contributed by atoms with Crippen molar-refractivity contribution in [1.82, 2.24) is 15.1 Å². The number of carbonyl (C=O) groups excluding carboxylic acids is 2. The summed E-state index contributed by atoms with van der Waals surface area (Å²) in [6, 6.07) is 25.0. The zero-order chi connectivity index (χ0) is 29.5. The van der Waals surface area contributed by atoms with Crippen LogP contribution in [0.25, 0.3) is 11.1 Å². The van der Waals surface area contributed by atoms with Crippen LogP contribution in [0.2, 0.25) is 0 Å². The Morgan fingerprint density at radius 2 is 1.48 bits per heavy atom. The van der Waals surface area contributed by atoms with Crippen molar-refractivity contribution < 1.29 is 29.0 Å². The summed E-state index contributed by atoms with van der Waals surface area (Å²) >= 11 is 0. The van der Waals surface area contributed by atoms with Gasteiger partial charge in [0.05, 0.1) is 19.1 Å². The number of rotatable bonds is 11. The Morgan fingerprint density at radius 1 is 0.881 bits per heavy atom. The maximum absolute atomic E-state index is 13.7. The molecule has 2 amide bonds. The molecule has 0 aromatic heterocycles. The molecule has 220 valence electrons. The van der Waals surface area contributed by atoms with Gasteiger partial charge in [0.1, 0.15) is 12.6 Å². The molecular weight excluding hydrogens is 534 g/mol. The number of alkyl carbamates (subject to hydrolysis) is 1. The first kappa shape index (κ1) is 29.3. The standard InChI is InChI=1S/C33H37N3O6/c1-23(41-21-24-9-3-2-4-10-24)31(32(39)36-19-17-35(18-20-36)16-15-30(37)38)34-33(40)42-22-29-27-13-7-5-11-25(27)26-12-6-8-14-28(26)29/h2-14,23,29,31H,15-22H2,1H3,(H,34,40)(H,37,38). The van der Waals surface area contributed by atoms with Crippen molar-refractivity contribution in [2.45, 2.75) is 38.0 Å². The Balaban J connectivity index is 1.24. The van der Waals surface area contributed by atoms with Crippen LogP contribution in [-0.2, 0) is 25.7 Å². The highest BCUT2D eigenvalue weighted by Gasteiger charge is 2.35. The summed E-state index contributed by atoms with van der Waals surface area (Å²) in [7, 11) is 0. The predicted octanol–water partition coefficient (Wildman–Crippen LogP) is 4.12. The van der Waals surface area contributed by atoms with Crippen molar-refractivity contribution in [2.24, 2.45) is 0 Å². The van der Waals surface area contributed by atoms with Crippen molar-refractivity contribution in [2.75, 3.05) is 39.3 Å². The van der Waals surface area contributed by atoms with Crippen LogP contribution in [0.15, 0.2) is 78.9 Å². The summed E-state index contributed by atoms with van der Waals surface area (Å²) in [5.74, 6) is -1.19. The molecule has 1 heterocycles. The van der Waals surface area contributed by atoms with Crippen molar-refractivity contribution in [1.29, 1.82) is 0 Å². The van der Waals surface area contributed by atoms with E-state index in [9.17, 15) is 14.4 Å². The molecule has 0 saturated carbocycles. The third-order valence-corrected chi connectivity index (χ3v) is 8.03. The third kappa shape index (κ3) is 6.98. The van der Waals surface area contributed by atoms with Gasteiger partial charge in [-0.25, -0.2) is 4.79 Å². The van der Waals surface area contributed by atoms with E-state index < -0.39 is 24.2 Å². The quantitative estimate of drug-likeness (QED) is 0.357. The number of amides is 2. The van der Waals surface area contributed by atoms with Gasteiger partial charge in [0.25, 0.3) is 0 Å². The number of ether oxygens (including phenoxy) is 2. The minimum atomic E-state index is -0.949. The number of nitrogens with one attached hydrogen (secondary N) is 1. The summed E-state index contributed by atoms with van der Waals surface area (Å²) in [6.45, 7) is 4.66. The zero-order valence-electron chi connectivity index (χ0n) is 23.8. The first-order valence-corrected chi connectivity index (χ1v) is 14.4. The maximum atomic E-state index is 13.7. The summed E-state index contributed by atoms with van der Waals surface area (Å²) in [5.41, 5.74) is 5.46. The summed E-state index contributed by atoms with van der Waals surface area (Å²) in [6.07, 6.45) is -1.24. The highest BCUT2D eigenvalue weighted by Crippen LogP contribution is 2.44. The number of piperazine rings is 1. The highest BCUT2D eigenvalue weighted by atomic mass is 16.5. The molecule has 3 aromatic rings. The zero-order valence-corrected chi connectivity index (χ0v) is 23.8. The van der Waals surface area contributed by atoms with E-state index in [0.29, 0.717) is 39.3 Å². The van der Waals surface area contributed by atoms with E-state index in [0.717, 1.165) is 27.8 Å². The molecular formula is C33H37N3O6. The SMILES string of the molecule is CC(OCc1ccccc1)C(NC(=O)OCC1c2ccccc2-c2ccccc21)C(=O)N1CCN(CCC(=O)O)CC1. The smallest absolute Gasteiger partial charge is 0.407 e. The fourth-order valence-electron chi connectivity index (χ4n) is 5.69. The maximum Gasteiger partial charge on any atom is 0.407 e. The molecule has 1 saturated heterocycles. The van der Waals surface area contributed by atoms with E-state index in [4.69, 9.17) is 14.6 Å². The predicted molar refractivity (Wildman–Crippen MR) is 158 cm³/mol. The van der Waals surface area contributed by atoms with Crippen LogP contribution < -0.4 is 5.32 Å². The van der Waals surface area contributed by atoms with Crippen molar-refractivity contribution in [3.8, 4) is 11.1 Å². The average molecular weight is 572 g/mol. The number of aliphatic carboxylic acids is 1. The Bertz CT molecular complexity index is 1340. The van der Waals surface area contributed by atoms with Crippen molar-refractivity contribution in [3.05, 3.63) is 95.6 Å². The van der Waals surface area contributed by atoms with Crippen molar-refractivity contribution >= 4 is 18.0 Å². The molecule has 42 heavy (non-hydrogen) atoms. The lowest BCUT2D eigenvalue weighted by Gasteiger charge is -2.37. The molecule has 2 atom stereocenters. The first-order valence-electron chi connectivity index (χ1n) is 14.4. The molecule has 2 N–H and O–H groups in total. The van der Waals surface area contributed by atoms with Gasteiger partial charge in [0, 0.05) is 38.6 Å². The van der Waals surface area contributed by atoms with Gasteiger partial charge >= 0.3 is 12.1 Å². The first-order chi connectivity index (χ1) is 20.4. The third-order valence-electron chi connectivity index (χ3n) is 8.03. The van der Waals surface area contributed by atoms with Gasteiger partial charge in [-0.15, -0.1) is 0 Å². The molecule has 9 heteroatoms. The van der Waals surface area contributed by atoms with Crippen LogP contribution in [0.1, 0.15) is 36.0 Å². The van der Waals surface area contributed by atoms with Gasteiger partial charge in [0.15, 0.2) is 0 Å². The highest BCUT2D eigenvalue weighted by molar-refractivity contribution is 5.86. The van der Waals surface area contributed by atoms with Crippen molar-refractivity contribution in [3.63, 3.8) is 0 Å². The molecule has 5 rings (SSSR count). The van der Waals surface area contributed by atoms with Crippen LogP contribution in [0.4, 0.5) is 4.79 Å². The molecule has 0 spiro atoms. The number of hydrogen-bond donors (Lipinski definition) is 2. The molecule has 9 nitrogen and oxygen atoms in total. The number of fused-ring (bicyclic) bond motifs is 3. The van der Waals surface area contributed by atoms with E-state index in [-0.39, 0.29) is 24.9 Å². The summed E-state index contributed by atoms with van der Waals surface area (Å²) in [5, 5.41) is 11.8. The number of benzene rings is 3. The molecule has 0 bridgehead atoms. The lowest BCUT2D eigenvalue weighted by molar-refractivity contribution is -0.141. The van der Waals surface area contributed by atoms with E-state index >= 15 is 0 Å². The normalized spacial score (nSPS) is 16.3. The van der Waals surface area contributed by atoms with Gasteiger partial charge in [0.2, 0.25) is 5.91 Å². The van der Waals surface area contributed by atoms with Crippen LogP contribution in [0.3, 0.4) is 0 Å². The minimum Gasteiger partial charge on any atom is -0.481 e. The Labute approximate surface area is 246 Å². The largest absolute Gasteiger partial charge is 0.481 e. The Hall–Kier alpha value is -4.21. The number of hydrogen-bond acceptors (Lipinski definition) is 6. The van der Waals surface area contributed by atoms with Gasteiger partial charge in [-0.3, -0.25) is 14.5 Å². The van der Waals surface area contributed by atoms with E-state index in [2.05, 4.69) is 29.6 Å². The Kier molecular flexibility index (Phi) is 9.51. The molecule has 1 aliphatic carbocycles. The van der Waals surface area contributed by atoms with Gasteiger partial charge in [-0.2, -0.15) is 0 Å². The lowest BCUT2D eigenvalue weighted by Crippen LogP contribution is -2.58. The second-order valence-electron chi connectivity index (χ2n) is 10.8. The molecule has 2 unspecified atom stereocenters. The number of nitrogens with zero attached hydrogens (tertiary/aromatic N) is 2. The Morgan fingerprint density at radius 3 is 2.10 bits per heavy atom. The second kappa shape index (κ2) is 13.6. The van der Waals surface area contributed by atoms with E-state index in [1.165, 1.54) is 0 Å². The fraction of sp³-hybridized carbons (Fsp3) is 0.364. The second-order valence-corrected chi connectivity index (χ2v) is 10.8. The molecule has 3 aromatic carbocycles. The van der Waals surface area contributed by atoms with Crippen LogP contribution in [0, 0.1) is 0 Å². The summed E-state index contributed by atoms with van der Waals surface area (Å²) < 4.78 is 11.8. The molecule has 2 aliphatic rings. The van der Waals surface area contributed by atoms with Crippen LogP contribution in [0.5, 0.6) is 0 Å². The molecule has 1 aliphatic heterocycles. The van der Waals surface area contributed by atoms with Gasteiger partial charge in [-0.05, 0) is 34.7 Å². The van der Waals surface area contributed by atoms with Gasteiger partial charge < -0.3 is 24.8 Å². The van der Waals surface area contributed by atoms with Crippen LogP contribution in [-0.4, -0.2) is 84.4 Å². The topological polar surface area (TPSA) is 108 Å². The van der Waals surface area contributed by atoms with E-state index in [1.807, 2.05) is 59.5 Å². The minimum absolute atomic E-state index is 0.0598. The number of carboxylic acids is 1. The monoisotopic (exact) mass is 571 g/mol. The van der Waals surface area contributed by atoms with Crippen LogP contribution >= 0.6 is 0 Å². The fourth-order valence-corrected chi connectivity index (χ4v) is 5.69. The molecule has 1 fully saturated rings. The lowest BCUT2D eigenvalue weighted by atomic mass is 9.98. The average Bonchev–Trinajstić information content (AvgIpc) is 3.34. The number of carbonyl (C=O) groups is 3. The summed E-state index contributed by atoms with van der Waals surface area (Å²) in [4.78, 5) is 41.6. The van der Waals surface area contributed by atoms with Gasteiger partial charge in [-0.1, -0.05) is 78.9 Å². The van der Waals surface area contributed by atoms with E-state index in [1.54, 1.807) is 11.8 Å². The molecule has 0 radical (unpaired) electrons. The number of carboxylic acid groups (broad SMARTS) is 1.